The van der Waals surface area contributed by atoms with Crippen LogP contribution >= 0.6 is 11.3 Å². The maximum Gasteiger partial charge on any atom is 0.246 e. The standard InChI is InChI=1S/C59H80N6O9S/c1-37-12-17-45(18-13-37)54-53-39(3)41(5)75-58(53)65-42(6)63-64-57(65)50(61-54)35-46(66)11-10-24-70-25-26-71-27-28-72-29-30-73-31-32-74-36-52(68)62-56(59(7,8)9)55(69)49-34-38(2)33-48(49)51(67)21-16-43-14-19-44(20-15-43)47-22-23-60-40(47)4/h12-15,17-20,23,38,48-50,54,56,61H,10-11,16,21-22,24-36H2,1-9H3,(H,62,68)/t38?,48?,49?,50?,54?,56-/m1/s1. The van der Waals surface area contributed by atoms with Crippen LogP contribution in [-0.4, -0.2) is 116 Å². The molecule has 4 aromatic rings. The molecule has 0 spiro atoms. The molecule has 1 amide bonds. The van der Waals surface area contributed by atoms with Gasteiger partial charge < -0.3 is 29.0 Å². The lowest BCUT2D eigenvalue weighted by atomic mass is 9.76. The second kappa shape index (κ2) is 27.3. The number of allylic oxidation sites excluding steroid dienone is 2. The van der Waals surface area contributed by atoms with Crippen LogP contribution in [0.3, 0.4) is 0 Å². The molecule has 75 heavy (non-hydrogen) atoms. The van der Waals surface area contributed by atoms with Gasteiger partial charge in [-0.25, -0.2) is 0 Å². The molecule has 2 N–H and O–H groups in total. The molecular formula is C59H80N6O9S. The lowest BCUT2D eigenvalue weighted by molar-refractivity contribution is -0.137. The molecule has 15 nitrogen and oxygen atoms in total. The third-order valence-electron chi connectivity index (χ3n) is 14.8. The fourth-order valence-corrected chi connectivity index (χ4v) is 11.8. The van der Waals surface area contributed by atoms with E-state index < -0.39 is 17.4 Å². The summed E-state index contributed by atoms with van der Waals surface area (Å²) in [7, 11) is 0. The van der Waals surface area contributed by atoms with Crippen molar-refractivity contribution in [3.05, 3.63) is 104 Å². The SMILES string of the molecule is CC1=C(c2ccc(CCC(=O)C3CC(C)CC3C(=O)[C@@H](NC(=O)COCCOCCOCCOCCOCCCC(=O)CC3NC(c4ccc(C)cc4)c4c(sc(C)c4C)-n4c(C)nnc43)C(C)(C)C)cc2)CC=N1. The van der Waals surface area contributed by atoms with Crippen molar-refractivity contribution >= 4 is 46.4 Å². The average Bonchev–Trinajstić information content (AvgIpc) is 4.15. The number of rotatable bonds is 29. The molecule has 406 valence electrons. The van der Waals surface area contributed by atoms with Gasteiger partial charge in [0.05, 0.1) is 71.0 Å². The molecule has 1 saturated carbocycles. The highest BCUT2D eigenvalue weighted by atomic mass is 32.1. The van der Waals surface area contributed by atoms with Crippen LogP contribution in [0.1, 0.15) is 142 Å². The van der Waals surface area contributed by atoms with Crippen molar-refractivity contribution in [2.45, 2.75) is 132 Å². The van der Waals surface area contributed by atoms with Crippen LogP contribution in [0.4, 0.5) is 0 Å². The number of hydrogen-bond donors (Lipinski definition) is 2. The molecule has 6 atom stereocenters. The zero-order valence-corrected chi connectivity index (χ0v) is 46.6. The average molecular weight is 1050 g/mol. The molecule has 2 aliphatic heterocycles. The Morgan fingerprint density at radius 2 is 1.41 bits per heavy atom. The molecule has 0 radical (unpaired) electrons. The number of hydrogen-bond acceptors (Lipinski definition) is 14. The molecule has 2 aromatic carbocycles. The second-order valence-corrected chi connectivity index (χ2v) is 22.9. The number of Topliss-reactive ketones (excluding diaryl/α,β-unsaturated/α-hetero) is 3. The van der Waals surface area contributed by atoms with Gasteiger partial charge in [-0.3, -0.25) is 34.1 Å². The predicted molar refractivity (Wildman–Crippen MR) is 293 cm³/mol. The monoisotopic (exact) mass is 1050 g/mol. The molecule has 3 aliphatic rings. The first-order chi connectivity index (χ1) is 36.0. The Morgan fingerprint density at radius 3 is 2.04 bits per heavy atom. The van der Waals surface area contributed by atoms with E-state index in [0.717, 1.165) is 45.5 Å². The summed E-state index contributed by atoms with van der Waals surface area (Å²) in [5, 5.41) is 16.9. The van der Waals surface area contributed by atoms with Gasteiger partial charge in [-0.15, -0.1) is 21.5 Å². The number of ether oxygens (including phenoxy) is 5. The van der Waals surface area contributed by atoms with Crippen LogP contribution in [0, 0.1) is 50.9 Å². The molecule has 1 aliphatic carbocycles. The van der Waals surface area contributed by atoms with Crippen molar-refractivity contribution in [2.75, 3.05) is 66.1 Å². The van der Waals surface area contributed by atoms with Crippen molar-refractivity contribution < 1.29 is 42.9 Å². The van der Waals surface area contributed by atoms with Crippen molar-refractivity contribution in [3.8, 4) is 5.00 Å². The van der Waals surface area contributed by atoms with Gasteiger partial charge in [-0.05, 0) is 99.5 Å². The first-order valence-electron chi connectivity index (χ1n) is 26.9. The lowest BCUT2D eigenvalue weighted by Gasteiger charge is -2.33. The third-order valence-corrected chi connectivity index (χ3v) is 16.0. The largest absolute Gasteiger partial charge is 0.379 e. The number of carbonyl (C=O) groups is 4. The Morgan fingerprint density at radius 1 is 0.787 bits per heavy atom. The minimum absolute atomic E-state index is 0.0778. The summed E-state index contributed by atoms with van der Waals surface area (Å²) in [5.41, 5.74) is 8.78. The number of amides is 1. The van der Waals surface area contributed by atoms with Gasteiger partial charge in [0.25, 0.3) is 0 Å². The maximum atomic E-state index is 14.2. The van der Waals surface area contributed by atoms with Crippen LogP contribution in [-0.2, 0) is 49.3 Å². The van der Waals surface area contributed by atoms with Crippen molar-refractivity contribution in [1.29, 1.82) is 0 Å². The maximum absolute atomic E-state index is 14.2. The van der Waals surface area contributed by atoms with Gasteiger partial charge in [0.15, 0.2) is 11.6 Å². The highest BCUT2D eigenvalue weighted by Crippen LogP contribution is 2.44. The van der Waals surface area contributed by atoms with Crippen LogP contribution in [0.15, 0.2) is 59.2 Å². The van der Waals surface area contributed by atoms with E-state index in [2.05, 4.69) is 107 Å². The molecular weight excluding hydrogens is 969 g/mol. The molecule has 7 rings (SSSR count). The zero-order chi connectivity index (χ0) is 53.6. The molecule has 1 fully saturated rings. The Balaban J connectivity index is 0.710. The summed E-state index contributed by atoms with van der Waals surface area (Å²) in [6, 6.07) is 15.8. The zero-order valence-electron chi connectivity index (χ0n) is 45.8. The van der Waals surface area contributed by atoms with Crippen molar-refractivity contribution in [3.63, 3.8) is 0 Å². The van der Waals surface area contributed by atoms with E-state index >= 15 is 0 Å². The number of carbonyl (C=O) groups excluding carboxylic acids is 4. The number of aryl methyl sites for hydroxylation is 4. The Bertz CT molecular complexity index is 2630. The van der Waals surface area contributed by atoms with Gasteiger partial charge in [0, 0.05) is 66.5 Å². The number of nitrogens with one attached hydrogen (secondary N) is 2. The van der Waals surface area contributed by atoms with E-state index in [9.17, 15) is 19.2 Å². The van der Waals surface area contributed by atoms with E-state index in [1.54, 1.807) is 11.3 Å². The minimum atomic E-state index is -0.753. The smallest absolute Gasteiger partial charge is 0.246 e. The quantitative estimate of drug-likeness (QED) is 0.0493. The first-order valence-corrected chi connectivity index (χ1v) is 27.7. The van der Waals surface area contributed by atoms with E-state index in [4.69, 9.17) is 23.7 Å². The molecule has 16 heteroatoms. The third kappa shape index (κ3) is 15.5. The van der Waals surface area contributed by atoms with E-state index in [-0.39, 0.29) is 67.0 Å². The van der Waals surface area contributed by atoms with E-state index in [1.807, 2.05) is 40.8 Å². The van der Waals surface area contributed by atoms with Crippen molar-refractivity contribution in [1.82, 2.24) is 25.4 Å². The van der Waals surface area contributed by atoms with Gasteiger partial charge >= 0.3 is 0 Å². The van der Waals surface area contributed by atoms with Crippen LogP contribution < -0.4 is 10.6 Å². The van der Waals surface area contributed by atoms with Gasteiger partial charge in [0.1, 0.15) is 29.0 Å². The van der Waals surface area contributed by atoms with Gasteiger partial charge in [-0.2, -0.15) is 0 Å². The normalized spacial score (nSPS) is 19.8. The van der Waals surface area contributed by atoms with Gasteiger partial charge in [-0.1, -0.05) is 81.8 Å². The molecule has 5 unspecified atom stereocenters. The summed E-state index contributed by atoms with van der Waals surface area (Å²) in [4.78, 5) is 60.0. The number of benzene rings is 2. The number of aliphatic imine (C=N–C) groups is 1. The van der Waals surface area contributed by atoms with Crippen LogP contribution in [0.25, 0.3) is 10.6 Å². The fourth-order valence-electron chi connectivity index (χ4n) is 10.5. The highest BCUT2D eigenvalue weighted by molar-refractivity contribution is 7.14. The number of thiophene rings is 1. The lowest BCUT2D eigenvalue weighted by Crippen LogP contribution is -2.53. The second-order valence-electron chi connectivity index (χ2n) is 21.7. The number of aromatic nitrogens is 3. The van der Waals surface area contributed by atoms with Crippen LogP contribution in [0.5, 0.6) is 0 Å². The Labute approximate surface area is 448 Å². The summed E-state index contributed by atoms with van der Waals surface area (Å²) >= 11 is 1.75. The molecule has 0 saturated heterocycles. The van der Waals surface area contributed by atoms with E-state index in [1.165, 1.54) is 27.1 Å². The molecule has 0 bridgehead atoms. The Hall–Kier alpha value is -5.07. The molecule has 2 aromatic heterocycles. The van der Waals surface area contributed by atoms with Crippen LogP contribution in [0.2, 0.25) is 0 Å². The minimum Gasteiger partial charge on any atom is -0.379 e. The number of nitrogens with zero attached hydrogens (tertiary/aromatic N) is 4. The highest BCUT2D eigenvalue weighted by Gasteiger charge is 2.46. The van der Waals surface area contributed by atoms with Crippen molar-refractivity contribution in [2.24, 2.45) is 28.2 Å². The summed E-state index contributed by atoms with van der Waals surface area (Å²) in [6.45, 7) is 21.4. The number of fused-ring (bicyclic) bond motifs is 3. The first kappa shape index (κ1) is 57.6. The summed E-state index contributed by atoms with van der Waals surface area (Å²) < 4.78 is 30.4. The Kier molecular flexibility index (Phi) is 21.0. The fraction of sp³-hybridized carbons (Fsp3) is 0.576. The molecule has 4 heterocycles. The van der Waals surface area contributed by atoms with Gasteiger partial charge in [0.2, 0.25) is 5.91 Å². The number of ketones is 3. The predicted octanol–water partition coefficient (Wildman–Crippen LogP) is 9.29. The van der Waals surface area contributed by atoms with E-state index in [0.29, 0.717) is 91.2 Å². The summed E-state index contributed by atoms with van der Waals surface area (Å²) in [6.07, 6.45) is 6.40. The topological polar surface area (TPSA) is 182 Å². The summed E-state index contributed by atoms with van der Waals surface area (Å²) in [5.74, 6) is 0.823.